The predicted molar refractivity (Wildman–Crippen MR) is 83.4 cm³/mol. The lowest BCUT2D eigenvalue weighted by molar-refractivity contribution is 0.0950. The van der Waals surface area contributed by atoms with E-state index in [0.29, 0.717) is 23.6 Å². The number of methoxy groups -OCH3 is 2. The molecule has 118 valence electrons. The third-order valence-electron chi connectivity index (χ3n) is 3.43. The highest BCUT2D eigenvalue weighted by Gasteiger charge is 2.11. The zero-order valence-corrected chi connectivity index (χ0v) is 13.3. The fourth-order valence-electron chi connectivity index (χ4n) is 2.11. The second-order valence-corrected chi connectivity index (χ2v) is 4.88. The molecular weight excluding hydrogens is 282 g/mol. The Kier molecular flexibility index (Phi) is 5.04. The topological polar surface area (TPSA) is 65.4 Å². The maximum absolute atomic E-state index is 12.3. The Morgan fingerprint density at radius 3 is 2.36 bits per heavy atom. The molecule has 0 aliphatic heterocycles. The molecule has 2 rings (SSSR count). The van der Waals surface area contributed by atoms with Gasteiger partial charge in [0.15, 0.2) is 0 Å². The Balaban J connectivity index is 2.10. The van der Waals surface area contributed by atoms with Gasteiger partial charge in [-0.2, -0.15) is 5.10 Å². The fraction of sp³-hybridized carbons (Fsp3) is 0.375. The molecule has 0 spiro atoms. The van der Waals surface area contributed by atoms with Crippen LogP contribution >= 0.6 is 0 Å². The van der Waals surface area contributed by atoms with E-state index in [1.165, 1.54) is 0 Å². The van der Waals surface area contributed by atoms with E-state index in [0.717, 1.165) is 17.8 Å². The molecular formula is C16H21N3O3. The number of rotatable bonds is 6. The highest BCUT2D eigenvalue weighted by molar-refractivity contribution is 5.95. The maximum atomic E-state index is 12.3. The van der Waals surface area contributed by atoms with Crippen LogP contribution in [0.1, 0.15) is 28.5 Å². The van der Waals surface area contributed by atoms with Crippen molar-refractivity contribution in [1.29, 1.82) is 0 Å². The Bertz CT molecular complexity index is 642. The quantitative estimate of drug-likeness (QED) is 0.888. The summed E-state index contributed by atoms with van der Waals surface area (Å²) in [5.41, 5.74) is 2.42. The molecule has 0 atom stereocenters. The van der Waals surface area contributed by atoms with E-state index in [1.807, 2.05) is 24.7 Å². The van der Waals surface area contributed by atoms with E-state index >= 15 is 0 Å². The second kappa shape index (κ2) is 6.98. The Labute approximate surface area is 130 Å². The summed E-state index contributed by atoms with van der Waals surface area (Å²) in [7, 11) is 3.11. The highest BCUT2D eigenvalue weighted by atomic mass is 16.5. The van der Waals surface area contributed by atoms with Crippen molar-refractivity contribution in [1.82, 2.24) is 15.1 Å². The number of benzene rings is 1. The molecule has 6 nitrogen and oxygen atoms in total. The summed E-state index contributed by atoms with van der Waals surface area (Å²) in [5.74, 6) is 0.986. The van der Waals surface area contributed by atoms with E-state index < -0.39 is 0 Å². The van der Waals surface area contributed by atoms with E-state index in [4.69, 9.17) is 9.47 Å². The van der Waals surface area contributed by atoms with Crippen molar-refractivity contribution in [3.8, 4) is 11.5 Å². The molecule has 0 fully saturated rings. The first-order valence-corrected chi connectivity index (χ1v) is 7.11. The van der Waals surface area contributed by atoms with Crippen molar-refractivity contribution in [2.24, 2.45) is 0 Å². The first kappa shape index (κ1) is 15.9. The summed E-state index contributed by atoms with van der Waals surface area (Å²) in [5, 5.41) is 7.25. The summed E-state index contributed by atoms with van der Waals surface area (Å²) < 4.78 is 12.2. The number of carbonyl (C=O) groups is 1. The minimum absolute atomic E-state index is 0.180. The zero-order chi connectivity index (χ0) is 16.1. The molecule has 1 amide bonds. The van der Waals surface area contributed by atoms with Crippen LogP contribution in [-0.2, 0) is 13.1 Å². The van der Waals surface area contributed by atoms with Crippen molar-refractivity contribution in [2.45, 2.75) is 26.9 Å². The lowest BCUT2D eigenvalue weighted by atomic mass is 10.1. The normalized spacial score (nSPS) is 10.4. The van der Waals surface area contributed by atoms with Gasteiger partial charge < -0.3 is 14.8 Å². The molecule has 0 aliphatic carbocycles. The number of hydrogen-bond donors (Lipinski definition) is 1. The van der Waals surface area contributed by atoms with Crippen LogP contribution in [0.25, 0.3) is 0 Å². The lowest BCUT2D eigenvalue weighted by Crippen LogP contribution is -2.23. The summed E-state index contributed by atoms with van der Waals surface area (Å²) in [6.07, 6.45) is 1.95. The molecule has 6 heteroatoms. The average molecular weight is 303 g/mol. The number of carbonyl (C=O) groups excluding carboxylic acids is 1. The van der Waals surface area contributed by atoms with Crippen molar-refractivity contribution in [3.63, 3.8) is 0 Å². The largest absolute Gasteiger partial charge is 0.497 e. The number of hydrogen-bond acceptors (Lipinski definition) is 4. The van der Waals surface area contributed by atoms with Crippen molar-refractivity contribution >= 4 is 5.91 Å². The Morgan fingerprint density at radius 2 is 1.86 bits per heavy atom. The molecule has 1 N–H and O–H groups in total. The summed E-state index contributed by atoms with van der Waals surface area (Å²) in [4.78, 5) is 12.3. The number of aromatic nitrogens is 2. The van der Waals surface area contributed by atoms with Gasteiger partial charge in [-0.1, -0.05) is 0 Å². The zero-order valence-electron chi connectivity index (χ0n) is 13.3. The standard InChI is InChI=1S/C16H21N3O3/c1-5-19-10-13(11(2)18-19)9-17-16(20)12-6-14(21-3)8-15(7-12)22-4/h6-8,10H,5,9H2,1-4H3,(H,17,20). The Hall–Kier alpha value is -2.50. The smallest absolute Gasteiger partial charge is 0.251 e. The van der Waals surface area contributed by atoms with Crippen LogP contribution in [0.4, 0.5) is 0 Å². The molecule has 1 aromatic carbocycles. The first-order valence-electron chi connectivity index (χ1n) is 7.11. The molecule has 0 aliphatic rings. The minimum atomic E-state index is -0.180. The Morgan fingerprint density at radius 1 is 1.23 bits per heavy atom. The monoisotopic (exact) mass is 303 g/mol. The van der Waals surface area contributed by atoms with Crippen LogP contribution in [-0.4, -0.2) is 29.9 Å². The third-order valence-corrected chi connectivity index (χ3v) is 3.43. The lowest BCUT2D eigenvalue weighted by Gasteiger charge is -2.09. The van der Waals surface area contributed by atoms with E-state index in [1.54, 1.807) is 32.4 Å². The van der Waals surface area contributed by atoms with Crippen LogP contribution < -0.4 is 14.8 Å². The number of amides is 1. The fourth-order valence-corrected chi connectivity index (χ4v) is 2.11. The maximum Gasteiger partial charge on any atom is 0.251 e. The van der Waals surface area contributed by atoms with Gasteiger partial charge in [0.25, 0.3) is 5.91 Å². The van der Waals surface area contributed by atoms with Gasteiger partial charge >= 0.3 is 0 Å². The SMILES string of the molecule is CCn1cc(CNC(=O)c2cc(OC)cc(OC)c2)c(C)n1. The van der Waals surface area contributed by atoms with Crippen LogP contribution in [0.2, 0.25) is 0 Å². The molecule has 0 saturated heterocycles. The first-order chi connectivity index (χ1) is 10.6. The van der Waals surface area contributed by atoms with E-state index in [9.17, 15) is 4.79 Å². The van der Waals surface area contributed by atoms with Crippen LogP contribution in [0.5, 0.6) is 11.5 Å². The van der Waals surface area contributed by atoms with Crippen LogP contribution in [0.3, 0.4) is 0 Å². The van der Waals surface area contributed by atoms with Gasteiger partial charge in [-0.3, -0.25) is 9.48 Å². The molecule has 0 radical (unpaired) electrons. The number of aryl methyl sites for hydroxylation is 2. The second-order valence-electron chi connectivity index (χ2n) is 4.88. The van der Waals surface area contributed by atoms with E-state index in [-0.39, 0.29) is 5.91 Å². The van der Waals surface area contributed by atoms with Gasteiger partial charge in [0.05, 0.1) is 19.9 Å². The van der Waals surface area contributed by atoms with Crippen LogP contribution in [0.15, 0.2) is 24.4 Å². The molecule has 1 aromatic heterocycles. The van der Waals surface area contributed by atoms with Crippen molar-refractivity contribution in [2.75, 3.05) is 14.2 Å². The minimum Gasteiger partial charge on any atom is -0.497 e. The number of ether oxygens (including phenoxy) is 2. The van der Waals surface area contributed by atoms with Gasteiger partial charge in [0, 0.05) is 36.5 Å². The number of nitrogens with one attached hydrogen (secondary N) is 1. The summed E-state index contributed by atoms with van der Waals surface area (Å²) >= 11 is 0. The molecule has 22 heavy (non-hydrogen) atoms. The highest BCUT2D eigenvalue weighted by Crippen LogP contribution is 2.22. The van der Waals surface area contributed by atoms with Gasteiger partial charge in [0.2, 0.25) is 0 Å². The molecule has 0 saturated carbocycles. The van der Waals surface area contributed by atoms with Gasteiger partial charge in [-0.15, -0.1) is 0 Å². The summed E-state index contributed by atoms with van der Waals surface area (Å²) in [6, 6.07) is 5.09. The third kappa shape index (κ3) is 3.58. The van der Waals surface area contributed by atoms with Gasteiger partial charge in [0.1, 0.15) is 11.5 Å². The molecule has 0 bridgehead atoms. The average Bonchev–Trinajstić information content (AvgIpc) is 2.92. The van der Waals surface area contributed by atoms with Crippen molar-refractivity contribution in [3.05, 3.63) is 41.2 Å². The van der Waals surface area contributed by atoms with Crippen molar-refractivity contribution < 1.29 is 14.3 Å². The molecule has 0 unspecified atom stereocenters. The van der Waals surface area contributed by atoms with Gasteiger partial charge in [-0.25, -0.2) is 0 Å². The van der Waals surface area contributed by atoms with Gasteiger partial charge in [-0.05, 0) is 26.0 Å². The van der Waals surface area contributed by atoms with Crippen LogP contribution in [0, 0.1) is 6.92 Å². The number of nitrogens with zero attached hydrogens (tertiary/aromatic N) is 2. The predicted octanol–water partition coefficient (Wildman–Crippen LogP) is 2.16. The summed E-state index contributed by atoms with van der Waals surface area (Å²) in [6.45, 7) is 5.20. The molecule has 2 aromatic rings. The molecule has 1 heterocycles. The van der Waals surface area contributed by atoms with E-state index in [2.05, 4.69) is 10.4 Å².